The van der Waals surface area contributed by atoms with Crippen molar-refractivity contribution in [3.63, 3.8) is 0 Å². The van der Waals surface area contributed by atoms with Gasteiger partial charge < -0.3 is 4.57 Å². The zero-order chi connectivity index (χ0) is 14.2. The second-order valence-electron chi connectivity index (χ2n) is 6.00. The van der Waals surface area contributed by atoms with E-state index in [-0.39, 0.29) is 11.4 Å². The molecule has 0 N–H and O–H groups in total. The zero-order valence-electron chi connectivity index (χ0n) is 11.6. The fourth-order valence-electron chi connectivity index (χ4n) is 2.38. The number of nitrogens with zero attached hydrogens (tertiary/aromatic N) is 3. The molecular formula is C14H19N3OS. The Bertz CT molecular complexity index is 536. The number of thiol groups is 1. The number of carbonyl (C=O) groups excluding carboxylic acids is 1. The molecule has 0 saturated carbocycles. The average Bonchev–Trinajstić information content (AvgIpc) is 2.91. The van der Waals surface area contributed by atoms with Gasteiger partial charge in [0.05, 0.1) is 5.56 Å². The largest absolute Gasteiger partial charge is 0.328 e. The SMILES string of the molecule is CC(C)(C)n1cc(C#N)cc1N1CC(CS)CC1=O. The van der Waals surface area contributed by atoms with E-state index in [0.717, 1.165) is 5.82 Å². The molecule has 0 spiro atoms. The molecule has 1 aromatic rings. The molecule has 1 amide bonds. The van der Waals surface area contributed by atoms with Crippen molar-refractivity contribution in [2.24, 2.45) is 5.92 Å². The molecule has 19 heavy (non-hydrogen) atoms. The van der Waals surface area contributed by atoms with Crippen molar-refractivity contribution in [2.45, 2.75) is 32.7 Å². The van der Waals surface area contributed by atoms with E-state index >= 15 is 0 Å². The molecule has 1 atom stereocenters. The van der Waals surface area contributed by atoms with Gasteiger partial charge in [0.1, 0.15) is 11.9 Å². The fourth-order valence-corrected chi connectivity index (χ4v) is 2.63. The van der Waals surface area contributed by atoms with Crippen molar-refractivity contribution in [3.05, 3.63) is 17.8 Å². The summed E-state index contributed by atoms with van der Waals surface area (Å²) >= 11 is 4.28. The molecule has 0 radical (unpaired) electrons. The van der Waals surface area contributed by atoms with Crippen LogP contribution in [-0.2, 0) is 10.3 Å². The average molecular weight is 277 g/mol. The van der Waals surface area contributed by atoms with Crippen LogP contribution in [0.25, 0.3) is 0 Å². The van der Waals surface area contributed by atoms with Gasteiger partial charge >= 0.3 is 0 Å². The molecule has 1 aliphatic heterocycles. The maximum atomic E-state index is 12.1. The molecular weight excluding hydrogens is 258 g/mol. The lowest BCUT2D eigenvalue weighted by atomic mass is 10.1. The lowest BCUT2D eigenvalue weighted by Gasteiger charge is -2.28. The number of nitriles is 1. The van der Waals surface area contributed by atoms with Crippen LogP contribution in [0.5, 0.6) is 0 Å². The second-order valence-corrected chi connectivity index (χ2v) is 6.36. The van der Waals surface area contributed by atoms with Gasteiger partial charge in [0.25, 0.3) is 0 Å². The van der Waals surface area contributed by atoms with Crippen LogP contribution in [0.15, 0.2) is 12.3 Å². The number of carbonyl (C=O) groups is 1. The summed E-state index contributed by atoms with van der Waals surface area (Å²) in [7, 11) is 0. The van der Waals surface area contributed by atoms with Gasteiger partial charge in [0.2, 0.25) is 5.91 Å². The molecule has 1 saturated heterocycles. The first kappa shape index (κ1) is 14.0. The highest BCUT2D eigenvalue weighted by molar-refractivity contribution is 7.80. The summed E-state index contributed by atoms with van der Waals surface area (Å²) in [5.74, 6) is 1.94. The Morgan fingerprint density at radius 2 is 2.21 bits per heavy atom. The predicted molar refractivity (Wildman–Crippen MR) is 78.5 cm³/mol. The van der Waals surface area contributed by atoms with E-state index in [1.807, 2.05) is 10.8 Å². The van der Waals surface area contributed by atoms with Gasteiger partial charge in [-0.2, -0.15) is 17.9 Å². The van der Waals surface area contributed by atoms with E-state index in [1.54, 1.807) is 11.0 Å². The number of hydrogen-bond acceptors (Lipinski definition) is 3. The van der Waals surface area contributed by atoms with Gasteiger partial charge in [-0.15, -0.1) is 0 Å². The highest BCUT2D eigenvalue weighted by atomic mass is 32.1. The second kappa shape index (κ2) is 4.93. The van der Waals surface area contributed by atoms with Crippen LogP contribution in [0, 0.1) is 17.2 Å². The van der Waals surface area contributed by atoms with E-state index in [4.69, 9.17) is 5.26 Å². The van der Waals surface area contributed by atoms with Gasteiger partial charge in [-0.25, -0.2) is 0 Å². The number of hydrogen-bond donors (Lipinski definition) is 1. The van der Waals surface area contributed by atoms with Crippen LogP contribution in [0.1, 0.15) is 32.8 Å². The van der Waals surface area contributed by atoms with Gasteiger partial charge in [0, 0.05) is 24.7 Å². The van der Waals surface area contributed by atoms with Crippen LogP contribution in [0.4, 0.5) is 5.82 Å². The lowest BCUT2D eigenvalue weighted by Crippen LogP contribution is -2.31. The Hall–Kier alpha value is -1.41. The first-order valence-corrected chi connectivity index (χ1v) is 7.04. The maximum Gasteiger partial charge on any atom is 0.228 e. The highest BCUT2D eigenvalue weighted by Gasteiger charge is 2.33. The lowest BCUT2D eigenvalue weighted by molar-refractivity contribution is -0.117. The Kier molecular flexibility index (Phi) is 3.64. The minimum Gasteiger partial charge on any atom is -0.328 e. The third-order valence-electron chi connectivity index (χ3n) is 3.39. The van der Waals surface area contributed by atoms with Crippen molar-refractivity contribution < 1.29 is 4.79 Å². The Morgan fingerprint density at radius 1 is 1.53 bits per heavy atom. The highest BCUT2D eigenvalue weighted by Crippen LogP contribution is 2.31. The quantitative estimate of drug-likeness (QED) is 0.844. The smallest absolute Gasteiger partial charge is 0.228 e. The minimum atomic E-state index is -0.163. The van der Waals surface area contributed by atoms with E-state index in [1.165, 1.54) is 0 Å². The van der Waals surface area contributed by atoms with Crippen LogP contribution in [0.3, 0.4) is 0 Å². The summed E-state index contributed by atoms with van der Waals surface area (Å²) in [6.45, 7) is 6.88. The van der Waals surface area contributed by atoms with Crippen molar-refractivity contribution in [3.8, 4) is 6.07 Å². The molecule has 1 unspecified atom stereocenters. The van der Waals surface area contributed by atoms with Crippen LogP contribution < -0.4 is 4.90 Å². The minimum absolute atomic E-state index is 0.118. The first-order chi connectivity index (χ1) is 8.86. The Morgan fingerprint density at radius 3 is 2.68 bits per heavy atom. The summed E-state index contributed by atoms with van der Waals surface area (Å²) in [6.07, 6.45) is 2.36. The third kappa shape index (κ3) is 2.64. The molecule has 1 fully saturated rings. The van der Waals surface area contributed by atoms with Crippen molar-refractivity contribution in [1.29, 1.82) is 5.26 Å². The number of rotatable bonds is 2. The fraction of sp³-hybridized carbons (Fsp3) is 0.571. The summed E-state index contributed by atoms with van der Waals surface area (Å²) in [5, 5.41) is 9.07. The number of amides is 1. The molecule has 1 aliphatic rings. The van der Waals surface area contributed by atoms with Gasteiger partial charge in [0.15, 0.2) is 0 Å². The van der Waals surface area contributed by atoms with Crippen molar-refractivity contribution in [1.82, 2.24) is 4.57 Å². The summed E-state index contributed by atoms with van der Waals surface area (Å²) in [4.78, 5) is 13.9. The molecule has 0 aliphatic carbocycles. The van der Waals surface area contributed by atoms with Crippen molar-refractivity contribution in [2.75, 3.05) is 17.2 Å². The van der Waals surface area contributed by atoms with Crippen LogP contribution in [-0.4, -0.2) is 22.8 Å². The molecule has 5 heteroatoms. The summed E-state index contributed by atoms with van der Waals surface area (Å²) in [6, 6.07) is 3.95. The van der Waals surface area contributed by atoms with Crippen LogP contribution in [0.2, 0.25) is 0 Å². The van der Waals surface area contributed by atoms with Gasteiger partial charge in [-0.05, 0) is 38.5 Å². The topological polar surface area (TPSA) is 49.0 Å². The van der Waals surface area contributed by atoms with E-state index < -0.39 is 0 Å². The van der Waals surface area contributed by atoms with Crippen LogP contribution >= 0.6 is 12.6 Å². The predicted octanol–water partition coefficient (Wildman–Crippen LogP) is 2.40. The third-order valence-corrected chi connectivity index (χ3v) is 3.91. The molecule has 0 bridgehead atoms. The maximum absolute atomic E-state index is 12.1. The van der Waals surface area contributed by atoms with E-state index in [2.05, 4.69) is 39.5 Å². The normalized spacial score (nSPS) is 19.8. The molecule has 2 heterocycles. The summed E-state index contributed by atoms with van der Waals surface area (Å²) < 4.78 is 2.00. The number of anilines is 1. The Balaban J connectivity index is 2.42. The van der Waals surface area contributed by atoms with E-state index in [9.17, 15) is 4.79 Å². The molecule has 102 valence electrons. The zero-order valence-corrected chi connectivity index (χ0v) is 12.4. The first-order valence-electron chi connectivity index (χ1n) is 6.41. The van der Waals surface area contributed by atoms with E-state index in [0.29, 0.717) is 30.2 Å². The summed E-state index contributed by atoms with van der Waals surface area (Å²) in [5.41, 5.74) is 0.427. The van der Waals surface area contributed by atoms with Gasteiger partial charge in [-0.1, -0.05) is 0 Å². The Labute approximate surface area is 119 Å². The number of aromatic nitrogens is 1. The molecule has 2 rings (SSSR count). The van der Waals surface area contributed by atoms with Crippen molar-refractivity contribution >= 4 is 24.4 Å². The molecule has 1 aromatic heterocycles. The standard InChI is InChI=1S/C14H19N3OS/c1-14(2,3)17-8-10(6-15)4-12(17)16-7-11(9-19)5-13(16)18/h4,8,11,19H,5,7,9H2,1-3H3. The van der Waals surface area contributed by atoms with Gasteiger partial charge in [-0.3, -0.25) is 9.69 Å². The molecule has 0 aromatic carbocycles. The molecule has 4 nitrogen and oxygen atoms in total. The monoisotopic (exact) mass is 277 g/mol.